The van der Waals surface area contributed by atoms with Gasteiger partial charge in [0, 0.05) is 0 Å². The van der Waals surface area contributed by atoms with Crippen LogP contribution in [0.4, 0.5) is 0 Å². The van der Waals surface area contributed by atoms with Crippen LogP contribution in [0, 0.1) is 34.6 Å². The molecule has 0 saturated carbocycles. The SMILES string of the molecule is CCC[c-]1cccc1.Cc1c(C)c(C)[c-](C)c1C.[Cl][Ti][Cl]. The molecule has 0 fully saturated rings. The van der Waals surface area contributed by atoms with E-state index >= 15 is 0 Å². The van der Waals surface area contributed by atoms with Crippen molar-refractivity contribution in [1.29, 1.82) is 0 Å². The molecule has 0 atom stereocenters. The Balaban J connectivity index is 0.000000327. The topological polar surface area (TPSA) is 0 Å². The molecule has 0 nitrogen and oxygen atoms in total. The van der Waals surface area contributed by atoms with Crippen molar-refractivity contribution >= 4 is 18.6 Å². The van der Waals surface area contributed by atoms with Gasteiger partial charge in [-0.15, -0.1) is 0 Å². The van der Waals surface area contributed by atoms with E-state index in [1.807, 2.05) is 0 Å². The fourth-order valence-electron chi connectivity index (χ4n) is 2.28. The van der Waals surface area contributed by atoms with E-state index in [1.165, 1.54) is 46.2 Å². The quantitative estimate of drug-likeness (QED) is 0.413. The second-order valence-corrected chi connectivity index (χ2v) is 7.82. The zero-order valence-corrected chi connectivity index (χ0v) is 17.1. The Kier molecular flexibility index (Phi) is 11.5. The normalized spacial score (nSPS) is 9.33. The number of hydrogen-bond donors (Lipinski definition) is 0. The minimum absolute atomic E-state index is 0.556. The van der Waals surface area contributed by atoms with E-state index in [1.54, 1.807) is 0 Å². The predicted octanol–water partition coefficient (Wildman–Crippen LogP) is 6.68. The molecule has 0 aliphatic heterocycles. The molecule has 3 heteroatoms. The van der Waals surface area contributed by atoms with Gasteiger partial charge in [-0.2, -0.15) is 45.5 Å². The van der Waals surface area contributed by atoms with E-state index in [0.29, 0.717) is 0 Å². The van der Waals surface area contributed by atoms with Crippen molar-refractivity contribution in [1.82, 2.24) is 0 Å². The second-order valence-electron chi connectivity index (χ2n) is 5.24. The number of rotatable bonds is 2. The fourth-order valence-corrected chi connectivity index (χ4v) is 2.28. The van der Waals surface area contributed by atoms with Crippen LogP contribution in [0.5, 0.6) is 0 Å². The summed E-state index contributed by atoms with van der Waals surface area (Å²) in [4.78, 5) is 0. The maximum atomic E-state index is 4.89. The predicted molar refractivity (Wildman–Crippen MR) is 93.5 cm³/mol. The first kappa shape index (κ1) is 21.0. The molecule has 0 N–H and O–H groups in total. The molecule has 0 aromatic heterocycles. The zero-order valence-electron chi connectivity index (χ0n) is 14.0. The Labute approximate surface area is 147 Å². The van der Waals surface area contributed by atoms with Crippen LogP contribution in [-0.2, 0) is 23.5 Å². The van der Waals surface area contributed by atoms with Crippen LogP contribution in [0.1, 0.15) is 46.7 Å². The average Bonchev–Trinajstić information content (AvgIpc) is 3.03. The molecule has 0 aliphatic rings. The van der Waals surface area contributed by atoms with Crippen LogP contribution in [0.2, 0.25) is 0 Å². The first-order chi connectivity index (χ1) is 9.90. The van der Waals surface area contributed by atoms with Gasteiger partial charge in [0.1, 0.15) is 0 Å². The van der Waals surface area contributed by atoms with E-state index in [9.17, 15) is 0 Å². The van der Waals surface area contributed by atoms with Crippen LogP contribution in [-0.4, -0.2) is 0 Å². The number of aryl methyl sites for hydroxylation is 1. The van der Waals surface area contributed by atoms with Crippen LogP contribution in [0.25, 0.3) is 0 Å². The third-order valence-electron chi connectivity index (χ3n) is 4.08. The molecule has 0 spiro atoms. The molecule has 0 heterocycles. The van der Waals surface area contributed by atoms with Crippen molar-refractivity contribution in [2.45, 2.75) is 54.4 Å². The summed E-state index contributed by atoms with van der Waals surface area (Å²) in [6.07, 6.45) is 2.48. The van der Waals surface area contributed by atoms with Crippen molar-refractivity contribution in [2.24, 2.45) is 0 Å². The summed E-state index contributed by atoms with van der Waals surface area (Å²) in [6, 6.07) is 8.52. The molecular formula is C18H26Cl2Ti-2. The Bertz CT molecular complexity index is 415. The molecular weight excluding hydrogens is 335 g/mol. The molecule has 2 aromatic rings. The Morgan fingerprint density at radius 3 is 1.57 bits per heavy atom. The molecule has 21 heavy (non-hydrogen) atoms. The Morgan fingerprint density at radius 1 is 0.952 bits per heavy atom. The molecule has 0 radical (unpaired) electrons. The van der Waals surface area contributed by atoms with Gasteiger partial charge < -0.3 is 0 Å². The molecule has 0 unspecified atom stereocenters. The molecule has 0 amide bonds. The van der Waals surface area contributed by atoms with Crippen molar-refractivity contribution in [3.05, 3.63) is 57.6 Å². The van der Waals surface area contributed by atoms with Crippen molar-refractivity contribution < 1.29 is 17.0 Å². The average molecular weight is 361 g/mol. The van der Waals surface area contributed by atoms with Gasteiger partial charge in [-0.25, -0.2) is 12.1 Å². The summed E-state index contributed by atoms with van der Waals surface area (Å²) in [5.41, 5.74) is 8.80. The Morgan fingerprint density at radius 2 is 1.33 bits per heavy atom. The van der Waals surface area contributed by atoms with Crippen LogP contribution in [0.15, 0.2) is 24.3 Å². The molecule has 2 rings (SSSR count). The molecule has 2 aromatic carbocycles. The molecule has 118 valence electrons. The van der Waals surface area contributed by atoms with Crippen LogP contribution < -0.4 is 0 Å². The zero-order chi connectivity index (χ0) is 16.4. The molecule has 0 bridgehead atoms. The van der Waals surface area contributed by atoms with E-state index in [4.69, 9.17) is 18.6 Å². The van der Waals surface area contributed by atoms with E-state index in [2.05, 4.69) is 65.8 Å². The van der Waals surface area contributed by atoms with Gasteiger partial charge in [-0.3, -0.25) is 0 Å². The number of hydrogen-bond acceptors (Lipinski definition) is 0. The van der Waals surface area contributed by atoms with E-state index in [0.717, 1.165) is 0 Å². The summed E-state index contributed by atoms with van der Waals surface area (Å²) in [7, 11) is 9.78. The van der Waals surface area contributed by atoms with Gasteiger partial charge in [0.15, 0.2) is 0 Å². The summed E-state index contributed by atoms with van der Waals surface area (Å²) in [5, 5.41) is 0. The third-order valence-corrected chi connectivity index (χ3v) is 4.08. The molecule has 0 saturated heterocycles. The minimum atomic E-state index is -0.556. The van der Waals surface area contributed by atoms with Gasteiger partial charge >= 0.3 is 35.6 Å². The third kappa shape index (κ3) is 7.20. The summed E-state index contributed by atoms with van der Waals surface area (Å²) >= 11 is -0.556. The fraction of sp³-hybridized carbons (Fsp3) is 0.444. The van der Waals surface area contributed by atoms with Crippen molar-refractivity contribution in [2.75, 3.05) is 0 Å². The maximum absolute atomic E-state index is 4.89. The second kappa shape index (κ2) is 11.5. The van der Waals surface area contributed by atoms with E-state index in [-0.39, 0.29) is 0 Å². The van der Waals surface area contributed by atoms with Crippen molar-refractivity contribution in [3.8, 4) is 0 Å². The Hall–Kier alpha value is -0.00571. The standard InChI is InChI=1S/C10H15.C8H11.2ClH.Ti/c1-6-7(2)9(4)10(5)8(6)3;1-2-5-8-6-3-4-7-8;;;/h1-5H3;3-4,6-7H,2,5H2,1H3;2*1H;/q2*-1;;;+2/p-2. The van der Waals surface area contributed by atoms with Gasteiger partial charge in [0.2, 0.25) is 0 Å². The van der Waals surface area contributed by atoms with Gasteiger partial charge in [0.05, 0.1) is 0 Å². The summed E-state index contributed by atoms with van der Waals surface area (Å²) in [5.74, 6) is 0. The van der Waals surface area contributed by atoms with Crippen molar-refractivity contribution in [3.63, 3.8) is 0 Å². The first-order valence-corrected chi connectivity index (χ1v) is 11.6. The van der Waals surface area contributed by atoms with Crippen LogP contribution in [0.3, 0.4) is 0 Å². The van der Waals surface area contributed by atoms with Gasteiger partial charge in [0.25, 0.3) is 0 Å². The monoisotopic (exact) mass is 360 g/mol. The summed E-state index contributed by atoms with van der Waals surface area (Å²) in [6.45, 7) is 13.2. The first-order valence-electron chi connectivity index (χ1n) is 7.27. The van der Waals surface area contributed by atoms with Crippen LogP contribution >= 0.6 is 18.6 Å². The van der Waals surface area contributed by atoms with Gasteiger partial charge in [-0.05, 0) is 0 Å². The molecule has 0 aliphatic carbocycles. The van der Waals surface area contributed by atoms with Gasteiger partial charge in [-0.1, -0.05) is 54.4 Å². The summed E-state index contributed by atoms with van der Waals surface area (Å²) < 4.78 is 0. The van der Waals surface area contributed by atoms with E-state index < -0.39 is 17.0 Å². The number of halogens is 2.